The Morgan fingerprint density at radius 2 is 2.38 bits per heavy atom. The Bertz CT molecular complexity index is 494. The number of ether oxygens (including phenoxy) is 1. The summed E-state index contributed by atoms with van der Waals surface area (Å²) in [5.41, 5.74) is 2.93. The van der Waals surface area contributed by atoms with Crippen molar-refractivity contribution in [2.24, 2.45) is 0 Å². The van der Waals surface area contributed by atoms with Gasteiger partial charge in [-0.1, -0.05) is 0 Å². The zero-order valence-electron chi connectivity index (χ0n) is 9.22. The number of oxazole rings is 1. The summed E-state index contributed by atoms with van der Waals surface area (Å²) >= 11 is 0. The maximum atomic E-state index is 5.52. The van der Waals surface area contributed by atoms with Gasteiger partial charge < -0.3 is 9.15 Å². The van der Waals surface area contributed by atoms with Crippen LogP contribution < -0.4 is 4.90 Å². The van der Waals surface area contributed by atoms with E-state index in [2.05, 4.69) is 22.9 Å². The second-order valence-electron chi connectivity index (χ2n) is 4.13. The third-order valence-electron chi connectivity index (χ3n) is 2.92. The van der Waals surface area contributed by atoms with E-state index in [1.807, 2.05) is 12.1 Å². The lowest BCUT2D eigenvalue weighted by atomic mass is 10.2. The molecule has 1 saturated heterocycles. The van der Waals surface area contributed by atoms with E-state index < -0.39 is 0 Å². The van der Waals surface area contributed by atoms with Gasteiger partial charge >= 0.3 is 0 Å². The number of nitrogens with zero attached hydrogens (tertiary/aromatic N) is 2. The van der Waals surface area contributed by atoms with Gasteiger partial charge in [-0.2, -0.15) is 0 Å². The van der Waals surface area contributed by atoms with Gasteiger partial charge in [0, 0.05) is 12.1 Å². The van der Waals surface area contributed by atoms with E-state index in [9.17, 15) is 0 Å². The molecule has 83 valence electrons. The van der Waals surface area contributed by atoms with E-state index in [0.717, 1.165) is 30.8 Å². The Morgan fingerprint density at radius 1 is 1.44 bits per heavy atom. The van der Waals surface area contributed by atoms with E-state index in [0.29, 0.717) is 6.10 Å². The molecule has 1 aliphatic rings. The molecule has 0 amide bonds. The average Bonchev–Trinajstić information content (AvgIpc) is 2.75. The van der Waals surface area contributed by atoms with Crippen molar-refractivity contribution in [1.82, 2.24) is 9.88 Å². The van der Waals surface area contributed by atoms with E-state index in [-0.39, 0.29) is 0 Å². The molecule has 1 aliphatic heterocycles. The number of rotatable bonds is 1. The second-order valence-corrected chi connectivity index (χ2v) is 4.13. The van der Waals surface area contributed by atoms with Crippen LogP contribution in [0.1, 0.15) is 6.92 Å². The molecule has 16 heavy (non-hydrogen) atoms. The van der Waals surface area contributed by atoms with Crippen LogP contribution in [0.2, 0.25) is 0 Å². The molecular weight excluding hydrogens is 204 g/mol. The van der Waals surface area contributed by atoms with E-state index >= 15 is 0 Å². The van der Waals surface area contributed by atoms with Crippen LogP contribution in [0, 0.1) is 0 Å². The van der Waals surface area contributed by atoms with E-state index in [4.69, 9.17) is 9.15 Å². The van der Waals surface area contributed by atoms with Crippen LogP contribution in [0.3, 0.4) is 0 Å². The molecular formula is C12H14N2O2+. The molecule has 0 spiro atoms. The predicted molar refractivity (Wildman–Crippen MR) is 61.0 cm³/mol. The topological polar surface area (TPSA) is 41.2 Å². The largest absolute Gasteiger partial charge is 0.443 e. The Morgan fingerprint density at radius 3 is 3.25 bits per heavy atom. The van der Waals surface area contributed by atoms with E-state index in [1.54, 1.807) is 0 Å². The van der Waals surface area contributed by atoms with Crippen LogP contribution in [-0.4, -0.2) is 30.8 Å². The molecule has 2 heterocycles. The lowest BCUT2D eigenvalue weighted by molar-refractivity contribution is 0.0249. The van der Waals surface area contributed by atoms with Crippen molar-refractivity contribution in [3.8, 4) is 0 Å². The summed E-state index contributed by atoms with van der Waals surface area (Å²) in [5.74, 6) is 0. The van der Waals surface area contributed by atoms with Crippen molar-refractivity contribution < 1.29 is 9.15 Å². The third-order valence-corrected chi connectivity index (χ3v) is 2.92. The summed E-state index contributed by atoms with van der Waals surface area (Å²) in [6.07, 6.45) is 1.77. The zero-order valence-corrected chi connectivity index (χ0v) is 9.22. The Kier molecular flexibility index (Phi) is 2.38. The molecule has 4 nitrogen and oxygen atoms in total. The average molecular weight is 218 g/mol. The smallest absolute Gasteiger partial charge is 0.184 e. The zero-order chi connectivity index (χ0) is 11.0. The fraction of sp³-hybridized carbons (Fsp3) is 0.417. The highest BCUT2D eigenvalue weighted by Gasteiger charge is 2.27. The number of benzene rings is 1. The van der Waals surface area contributed by atoms with Crippen molar-refractivity contribution in [3.05, 3.63) is 24.6 Å². The van der Waals surface area contributed by atoms with Crippen LogP contribution >= 0.6 is 0 Å². The Hall–Kier alpha value is -1.39. The van der Waals surface area contributed by atoms with Gasteiger partial charge in [0.2, 0.25) is 0 Å². The van der Waals surface area contributed by atoms with Gasteiger partial charge in [0.1, 0.15) is 18.2 Å². The molecule has 1 aromatic carbocycles. The third kappa shape index (κ3) is 1.70. The molecule has 3 rings (SSSR count). The van der Waals surface area contributed by atoms with Crippen LogP contribution in [-0.2, 0) is 4.74 Å². The van der Waals surface area contributed by atoms with Crippen LogP contribution in [0.15, 0.2) is 29.0 Å². The van der Waals surface area contributed by atoms with Crippen molar-refractivity contribution in [2.45, 2.75) is 13.0 Å². The quantitative estimate of drug-likeness (QED) is 0.687. The second kappa shape index (κ2) is 3.88. The predicted octanol–water partition coefficient (Wildman–Crippen LogP) is 2.02. The highest BCUT2D eigenvalue weighted by Crippen LogP contribution is 2.22. The first-order valence-electron chi connectivity index (χ1n) is 5.53. The minimum absolute atomic E-state index is 0.291. The molecule has 0 N–H and O–H groups in total. The lowest BCUT2D eigenvalue weighted by Crippen LogP contribution is -2.42. The van der Waals surface area contributed by atoms with Gasteiger partial charge in [-0.05, 0) is 13.0 Å². The molecule has 0 aliphatic carbocycles. The maximum absolute atomic E-state index is 5.52. The van der Waals surface area contributed by atoms with Gasteiger partial charge in [-0.15, -0.1) is 4.90 Å². The van der Waals surface area contributed by atoms with E-state index in [1.165, 1.54) is 12.1 Å². The van der Waals surface area contributed by atoms with Crippen molar-refractivity contribution in [2.75, 3.05) is 19.7 Å². The number of fused-ring (bicyclic) bond motifs is 1. The standard InChI is InChI=1S/C12H14N2O2/c1-9-7-14(4-5-15-9)10-2-3-11-12(6-10)16-8-13-11/h2-3,6,8-9H,4-5,7H2,1H3/q+1. The molecule has 1 unspecified atom stereocenters. The lowest BCUT2D eigenvalue weighted by Gasteiger charge is -2.22. The monoisotopic (exact) mass is 218 g/mol. The number of morpholine rings is 1. The SMILES string of the molecule is CC1C[N+](c2ccc3ncoc3c2)CCO1. The van der Waals surface area contributed by atoms with Crippen LogP contribution in [0.5, 0.6) is 0 Å². The Balaban J connectivity index is 1.92. The summed E-state index contributed by atoms with van der Waals surface area (Å²) in [5, 5.41) is 0. The van der Waals surface area contributed by atoms with Gasteiger partial charge in [-0.3, -0.25) is 0 Å². The summed E-state index contributed by atoms with van der Waals surface area (Å²) in [6, 6.07) is 6.12. The first kappa shape index (κ1) is 9.81. The minimum Gasteiger partial charge on any atom is -0.443 e. The van der Waals surface area contributed by atoms with Gasteiger partial charge in [0.05, 0.1) is 0 Å². The van der Waals surface area contributed by atoms with Crippen LogP contribution in [0.4, 0.5) is 5.69 Å². The molecule has 4 heteroatoms. The maximum Gasteiger partial charge on any atom is 0.184 e. The summed E-state index contributed by atoms with van der Waals surface area (Å²) < 4.78 is 10.8. The first-order valence-corrected chi connectivity index (χ1v) is 5.53. The molecule has 1 fully saturated rings. The fourth-order valence-corrected chi connectivity index (χ4v) is 2.09. The summed E-state index contributed by atoms with van der Waals surface area (Å²) in [4.78, 5) is 6.43. The number of hydrogen-bond acceptors (Lipinski definition) is 4. The van der Waals surface area contributed by atoms with Crippen molar-refractivity contribution in [3.63, 3.8) is 0 Å². The number of hydrogen-bond donors (Lipinski definition) is 0. The Labute approximate surface area is 93.8 Å². The molecule has 0 bridgehead atoms. The molecule has 1 atom stereocenters. The first-order chi connectivity index (χ1) is 7.83. The molecule has 2 aromatic rings. The highest BCUT2D eigenvalue weighted by atomic mass is 16.5. The number of anilines is 1. The van der Waals surface area contributed by atoms with Crippen molar-refractivity contribution in [1.29, 1.82) is 0 Å². The van der Waals surface area contributed by atoms with Crippen molar-refractivity contribution >= 4 is 16.8 Å². The molecule has 1 radical (unpaired) electrons. The fourth-order valence-electron chi connectivity index (χ4n) is 2.09. The molecule has 1 aromatic heterocycles. The minimum atomic E-state index is 0.291. The highest BCUT2D eigenvalue weighted by molar-refractivity contribution is 5.75. The normalized spacial score (nSPS) is 22.7. The molecule has 0 saturated carbocycles. The van der Waals surface area contributed by atoms with Crippen LogP contribution in [0.25, 0.3) is 11.1 Å². The van der Waals surface area contributed by atoms with Gasteiger partial charge in [0.25, 0.3) is 0 Å². The van der Waals surface area contributed by atoms with Gasteiger partial charge in [0.15, 0.2) is 30.8 Å². The summed E-state index contributed by atoms with van der Waals surface area (Å²) in [6.45, 7) is 4.75. The number of aromatic nitrogens is 1. The van der Waals surface area contributed by atoms with Gasteiger partial charge in [-0.25, -0.2) is 4.98 Å². The summed E-state index contributed by atoms with van der Waals surface area (Å²) in [7, 11) is 0.